The highest BCUT2D eigenvalue weighted by molar-refractivity contribution is 5.86. The summed E-state index contributed by atoms with van der Waals surface area (Å²) in [6.45, 7) is 9.16. The van der Waals surface area contributed by atoms with Gasteiger partial charge in [-0.3, -0.25) is 9.69 Å². The van der Waals surface area contributed by atoms with Gasteiger partial charge in [0.15, 0.2) is 5.78 Å². The van der Waals surface area contributed by atoms with Gasteiger partial charge >= 0.3 is 0 Å². The summed E-state index contributed by atoms with van der Waals surface area (Å²) in [5.74, 6) is 1.26. The van der Waals surface area contributed by atoms with Gasteiger partial charge in [0.1, 0.15) is 5.75 Å². The standard InChI is InChI=1S/C16H23NO2/c1-4-19-14-7-5-13(6-8-14)11-17-10-9-16(2,3)15(18)12-17/h5-8H,4,9-12H2,1-3H3. The van der Waals surface area contributed by atoms with Crippen molar-refractivity contribution in [1.82, 2.24) is 4.90 Å². The Hall–Kier alpha value is -1.35. The van der Waals surface area contributed by atoms with Crippen molar-refractivity contribution >= 4 is 5.78 Å². The number of piperidine rings is 1. The number of likely N-dealkylation sites (tertiary alicyclic amines) is 1. The number of hydrogen-bond donors (Lipinski definition) is 0. The fraction of sp³-hybridized carbons (Fsp3) is 0.562. The number of nitrogens with zero attached hydrogens (tertiary/aromatic N) is 1. The molecule has 1 heterocycles. The molecular weight excluding hydrogens is 238 g/mol. The molecule has 0 aromatic heterocycles. The molecule has 0 N–H and O–H groups in total. The molecule has 0 amide bonds. The quantitative estimate of drug-likeness (QED) is 0.834. The number of benzene rings is 1. The summed E-state index contributed by atoms with van der Waals surface area (Å²) in [7, 11) is 0. The lowest BCUT2D eigenvalue weighted by molar-refractivity contribution is -0.132. The van der Waals surface area contributed by atoms with Crippen molar-refractivity contribution in [3.05, 3.63) is 29.8 Å². The molecule has 0 unspecified atom stereocenters. The number of carbonyl (C=O) groups is 1. The van der Waals surface area contributed by atoms with Gasteiger partial charge in [-0.1, -0.05) is 26.0 Å². The van der Waals surface area contributed by atoms with Crippen molar-refractivity contribution in [3.63, 3.8) is 0 Å². The average Bonchev–Trinajstić information content (AvgIpc) is 2.37. The highest BCUT2D eigenvalue weighted by Crippen LogP contribution is 2.27. The van der Waals surface area contributed by atoms with Crippen LogP contribution in [0.3, 0.4) is 0 Å². The van der Waals surface area contributed by atoms with Gasteiger partial charge in [-0.15, -0.1) is 0 Å². The summed E-state index contributed by atoms with van der Waals surface area (Å²) in [5.41, 5.74) is 1.09. The molecular formula is C16H23NO2. The molecule has 0 aliphatic carbocycles. The highest BCUT2D eigenvalue weighted by Gasteiger charge is 2.33. The van der Waals surface area contributed by atoms with Crippen LogP contribution < -0.4 is 4.74 Å². The second-order valence-electron chi connectivity index (χ2n) is 5.84. The maximum atomic E-state index is 12.0. The predicted molar refractivity (Wildman–Crippen MR) is 76.3 cm³/mol. The molecule has 1 saturated heterocycles. The third kappa shape index (κ3) is 3.57. The molecule has 2 rings (SSSR count). The van der Waals surface area contributed by atoms with E-state index in [-0.39, 0.29) is 5.41 Å². The molecule has 1 aromatic carbocycles. The molecule has 1 aliphatic heterocycles. The van der Waals surface area contributed by atoms with Gasteiger partial charge in [0.2, 0.25) is 0 Å². The van der Waals surface area contributed by atoms with E-state index >= 15 is 0 Å². The zero-order valence-corrected chi connectivity index (χ0v) is 12.1. The highest BCUT2D eigenvalue weighted by atomic mass is 16.5. The number of rotatable bonds is 4. The third-order valence-corrected chi connectivity index (χ3v) is 3.82. The van der Waals surface area contributed by atoms with Crippen molar-refractivity contribution in [2.24, 2.45) is 5.41 Å². The van der Waals surface area contributed by atoms with Crippen LogP contribution in [0, 0.1) is 5.41 Å². The van der Waals surface area contributed by atoms with Crippen molar-refractivity contribution < 1.29 is 9.53 Å². The Labute approximate surface area is 115 Å². The Kier molecular flexibility index (Phi) is 4.25. The zero-order chi connectivity index (χ0) is 13.9. The van der Waals surface area contributed by atoms with Gasteiger partial charge in [0.05, 0.1) is 13.2 Å². The van der Waals surface area contributed by atoms with E-state index in [1.165, 1.54) is 5.56 Å². The lowest BCUT2D eigenvalue weighted by Crippen LogP contribution is -2.44. The van der Waals surface area contributed by atoms with Gasteiger partial charge < -0.3 is 4.74 Å². The summed E-state index contributed by atoms with van der Waals surface area (Å²) in [6.07, 6.45) is 0.947. The smallest absolute Gasteiger partial charge is 0.152 e. The van der Waals surface area contributed by atoms with Crippen LogP contribution >= 0.6 is 0 Å². The fourth-order valence-electron chi connectivity index (χ4n) is 2.32. The largest absolute Gasteiger partial charge is 0.494 e. The molecule has 19 heavy (non-hydrogen) atoms. The van der Waals surface area contributed by atoms with Crippen LogP contribution in [0.2, 0.25) is 0 Å². The van der Waals surface area contributed by atoms with Gasteiger partial charge in [-0.2, -0.15) is 0 Å². The molecule has 0 spiro atoms. The Balaban J connectivity index is 1.93. The van der Waals surface area contributed by atoms with Crippen LogP contribution in [-0.4, -0.2) is 30.4 Å². The van der Waals surface area contributed by atoms with Crippen LogP contribution in [0.25, 0.3) is 0 Å². The second kappa shape index (κ2) is 5.74. The van der Waals surface area contributed by atoms with Crippen molar-refractivity contribution in [2.75, 3.05) is 19.7 Å². The van der Waals surface area contributed by atoms with Gasteiger partial charge in [0, 0.05) is 12.0 Å². The van der Waals surface area contributed by atoms with E-state index in [4.69, 9.17) is 4.74 Å². The first-order valence-electron chi connectivity index (χ1n) is 6.98. The number of hydrogen-bond acceptors (Lipinski definition) is 3. The summed E-state index contributed by atoms with van der Waals surface area (Å²) in [4.78, 5) is 14.2. The molecule has 1 fully saturated rings. The molecule has 0 bridgehead atoms. The third-order valence-electron chi connectivity index (χ3n) is 3.82. The van der Waals surface area contributed by atoms with Crippen LogP contribution in [0.4, 0.5) is 0 Å². The molecule has 1 aromatic rings. The molecule has 1 aliphatic rings. The van der Waals surface area contributed by atoms with E-state index in [1.807, 2.05) is 32.9 Å². The monoisotopic (exact) mass is 261 g/mol. The second-order valence-corrected chi connectivity index (χ2v) is 5.84. The molecule has 104 valence electrons. The van der Waals surface area contributed by atoms with Crippen molar-refractivity contribution in [3.8, 4) is 5.75 Å². The topological polar surface area (TPSA) is 29.5 Å². The van der Waals surface area contributed by atoms with Crippen LogP contribution in [0.1, 0.15) is 32.8 Å². The lowest BCUT2D eigenvalue weighted by Gasteiger charge is -2.35. The minimum atomic E-state index is -0.144. The van der Waals surface area contributed by atoms with E-state index in [2.05, 4.69) is 17.0 Å². The van der Waals surface area contributed by atoms with Crippen LogP contribution in [-0.2, 0) is 11.3 Å². The number of ketones is 1. The van der Waals surface area contributed by atoms with Crippen LogP contribution in [0.5, 0.6) is 5.75 Å². The summed E-state index contributed by atoms with van der Waals surface area (Å²) >= 11 is 0. The molecule has 3 nitrogen and oxygen atoms in total. The number of Topliss-reactive ketones (excluding diaryl/α,β-unsaturated/α-hetero) is 1. The number of ether oxygens (including phenoxy) is 1. The molecule has 0 radical (unpaired) electrons. The van der Waals surface area contributed by atoms with Gasteiger partial charge in [-0.05, 0) is 37.6 Å². The Morgan fingerprint density at radius 1 is 1.26 bits per heavy atom. The van der Waals surface area contributed by atoms with Crippen molar-refractivity contribution in [1.29, 1.82) is 0 Å². The summed E-state index contributed by atoms with van der Waals surface area (Å²) < 4.78 is 5.43. The Morgan fingerprint density at radius 2 is 1.95 bits per heavy atom. The van der Waals surface area contributed by atoms with E-state index in [0.717, 1.165) is 25.3 Å². The van der Waals surface area contributed by atoms with E-state index in [1.54, 1.807) is 0 Å². The summed E-state index contributed by atoms with van der Waals surface area (Å²) in [6, 6.07) is 8.15. The molecule has 0 saturated carbocycles. The first-order chi connectivity index (χ1) is 9.01. The Bertz CT molecular complexity index is 437. The van der Waals surface area contributed by atoms with E-state index < -0.39 is 0 Å². The van der Waals surface area contributed by atoms with E-state index in [0.29, 0.717) is 18.9 Å². The Morgan fingerprint density at radius 3 is 2.53 bits per heavy atom. The molecule has 3 heteroatoms. The predicted octanol–water partition coefficient (Wildman–Crippen LogP) is 2.89. The lowest BCUT2D eigenvalue weighted by atomic mass is 9.81. The van der Waals surface area contributed by atoms with E-state index in [9.17, 15) is 4.79 Å². The summed E-state index contributed by atoms with van der Waals surface area (Å²) in [5, 5.41) is 0. The maximum absolute atomic E-state index is 12.0. The maximum Gasteiger partial charge on any atom is 0.152 e. The normalized spacial score (nSPS) is 19.4. The first-order valence-corrected chi connectivity index (χ1v) is 6.98. The minimum Gasteiger partial charge on any atom is -0.494 e. The van der Waals surface area contributed by atoms with Crippen molar-refractivity contribution in [2.45, 2.75) is 33.7 Å². The number of carbonyl (C=O) groups excluding carboxylic acids is 1. The fourth-order valence-corrected chi connectivity index (χ4v) is 2.32. The SMILES string of the molecule is CCOc1ccc(CN2CCC(C)(C)C(=O)C2)cc1. The van der Waals surface area contributed by atoms with Gasteiger partial charge in [-0.25, -0.2) is 0 Å². The minimum absolute atomic E-state index is 0.144. The average molecular weight is 261 g/mol. The molecule has 0 atom stereocenters. The first kappa shape index (κ1) is 14.1. The van der Waals surface area contributed by atoms with Crippen LogP contribution in [0.15, 0.2) is 24.3 Å². The van der Waals surface area contributed by atoms with Gasteiger partial charge in [0.25, 0.3) is 0 Å². The zero-order valence-electron chi connectivity index (χ0n) is 12.1.